The van der Waals surface area contributed by atoms with Crippen molar-refractivity contribution in [2.45, 2.75) is 25.1 Å². The lowest BCUT2D eigenvalue weighted by atomic mass is 10.1. The number of hydrogen-bond donors (Lipinski definition) is 2. The second-order valence-corrected chi connectivity index (χ2v) is 5.79. The van der Waals surface area contributed by atoms with E-state index in [4.69, 9.17) is 0 Å². The zero-order chi connectivity index (χ0) is 14.1. The minimum atomic E-state index is -0.639. The number of aromatic nitrogens is 2. The first kappa shape index (κ1) is 13.3. The largest absolute Gasteiger partial charge is 0.386 e. The Morgan fingerprint density at radius 3 is 3.00 bits per heavy atom. The van der Waals surface area contributed by atoms with E-state index in [1.54, 1.807) is 17.1 Å². The van der Waals surface area contributed by atoms with Gasteiger partial charge in [0.1, 0.15) is 6.54 Å². The Morgan fingerprint density at radius 2 is 2.30 bits per heavy atom. The maximum absolute atomic E-state index is 12.0. The summed E-state index contributed by atoms with van der Waals surface area (Å²) in [6.45, 7) is 0.144. The van der Waals surface area contributed by atoms with Crippen LogP contribution in [0.25, 0.3) is 0 Å². The summed E-state index contributed by atoms with van der Waals surface area (Å²) in [5, 5.41) is 17.1. The normalized spacial score (nSPS) is 20.7. The molecule has 0 radical (unpaired) electrons. The molecule has 1 aliphatic rings. The smallest absolute Gasteiger partial charge is 0.242 e. The van der Waals surface area contributed by atoms with Gasteiger partial charge >= 0.3 is 0 Å². The van der Waals surface area contributed by atoms with Gasteiger partial charge in [-0.1, -0.05) is 24.3 Å². The molecule has 2 aromatic rings. The van der Waals surface area contributed by atoms with E-state index in [9.17, 15) is 9.90 Å². The van der Waals surface area contributed by atoms with Gasteiger partial charge in [0, 0.05) is 6.20 Å². The van der Waals surface area contributed by atoms with Crippen molar-refractivity contribution in [2.75, 3.05) is 0 Å². The van der Waals surface area contributed by atoms with Crippen molar-refractivity contribution in [1.29, 1.82) is 0 Å². The Bertz CT molecular complexity index is 641. The molecule has 0 unspecified atom stereocenters. The highest BCUT2D eigenvalue weighted by Crippen LogP contribution is 2.30. The molecule has 1 aromatic heterocycles. The molecule has 2 atom stereocenters. The standard InChI is InChI=1S/C14H14BrN3O2/c15-10-6-16-18(7-10)8-13(19)17-12-5-9-3-1-2-4-11(9)14(12)20/h1-4,6-7,12,14,20H,5,8H2,(H,17,19)/t12-,14-/m0/s1. The van der Waals surface area contributed by atoms with Crippen molar-refractivity contribution >= 4 is 21.8 Å². The minimum Gasteiger partial charge on any atom is -0.386 e. The summed E-state index contributed by atoms with van der Waals surface area (Å²) in [6.07, 6.45) is 3.39. The van der Waals surface area contributed by atoms with Crippen LogP contribution in [0, 0.1) is 0 Å². The SMILES string of the molecule is O=C(Cn1cc(Br)cn1)N[C@H]1Cc2ccccc2[C@@H]1O. The predicted molar refractivity (Wildman–Crippen MR) is 77.0 cm³/mol. The van der Waals surface area contributed by atoms with Gasteiger partial charge in [0.25, 0.3) is 0 Å². The molecule has 2 N–H and O–H groups in total. The van der Waals surface area contributed by atoms with Crippen LogP contribution in [0.2, 0.25) is 0 Å². The third kappa shape index (κ3) is 2.62. The molecule has 0 saturated carbocycles. The highest BCUT2D eigenvalue weighted by atomic mass is 79.9. The molecule has 0 bridgehead atoms. The number of aliphatic hydroxyl groups excluding tert-OH is 1. The van der Waals surface area contributed by atoms with E-state index in [1.165, 1.54) is 0 Å². The fourth-order valence-corrected chi connectivity index (χ4v) is 2.86. The summed E-state index contributed by atoms with van der Waals surface area (Å²) in [4.78, 5) is 12.0. The molecule has 6 heteroatoms. The Hall–Kier alpha value is -1.66. The molecule has 1 aliphatic carbocycles. The summed E-state index contributed by atoms with van der Waals surface area (Å²) in [5.41, 5.74) is 1.99. The van der Waals surface area contributed by atoms with Crippen molar-refractivity contribution in [3.8, 4) is 0 Å². The van der Waals surface area contributed by atoms with Crippen molar-refractivity contribution in [3.63, 3.8) is 0 Å². The summed E-state index contributed by atoms with van der Waals surface area (Å²) in [5.74, 6) is -0.155. The summed E-state index contributed by atoms with van der Waals surface area (Å²) >= 11 is 3.28. The van der Waals surface area contributed by atoms with Gasteiger partial charge in [-0.15, -0.1) is 0 Å². The molecule has 3 rings (SSSR count). The van der Waals surface area contributed by atoms with Gasteiger partial charge in [0.15, 0.2) is 0 Å². The van der Waals surface area contributed by atoms with E-state index in [2.05, 4.69) is 26.3 Å². The molecule has 104 valence electrons. The van der Waals surface area contributed by atoms with Crippen molar-refractivity contribution in [1.82, 2.24) is 15.1 Å². The first-order valence-electron chi connectivity index (χ1n) is 6.36. The number of amides is 1. The topological polar surface area (TPSA) is 67.2 Å². The van der Waals surface area contributed by atoms with Gasteiger partial charge in [-0.3, -0.25) is 9.48 Å². The highest BCUT2D eigenvalue weighted by Gasteiger charge is 2.31. The van der Waals surface area contributed by atoms with Gasteiger partial charge in [-0.05, 0) is 33.5 Å². The Labute approximate surface area is 124 Å². The van der Waals surface area contributed by atoms with Crippen molar-refractivity contribution in [3.05, 3.63) is 52.3 Å². The van der Waals surface area contributed by atoms with Gasteiger partial charge < -0.3 is 10.4 Å². The molecule has 5 nitrogen and oxygen atoms in total. The summed E-state index contributed by atoms with van der Waals surface area (Å²) in [6, 6.07) is 7.45. The molecular formula is C14H14BrN3O2. The van der Waals surface area contributed by atoms with Crippen LogP contribution in [-0.4, -0.2) is 26.8 Å². The maximum atomic E-state index is 12.0. The first-order valence-corrected chi connectivity index (χ1v) is 7.16. The molecule has 1 aromatic carbocycles. The average Bonchev–Trinajstić information content (AvgIpc) is 2.95. The molecule has 0 spiro atoms. The average molecular weight is 336 g/mol. The number of nitrogens with one attached hydrogen (secondary N) is 1. The molecular weight excluding hydrogens is 322 g/mol. The molecule has 0 aliphatic heterocycles. The number of carbonyl (C=O) groups is 1. The minimum absolute atomic E-state index is 0.144. The van der Waals surface area contributed by atoms with Crippen LogP contribution in [0.4, 0.5) is 0 Å². The Morgan fingerprint density at radius 1 is 1.50 bits per heavy atom. The fraction of sp³-hybridized carbons (Fsp3) is 0.286. The number of fused-ring (bicyclic) bond motifs is 1. The lowest BCUT2D eigenvalue weighted by Gasteiger charge is -2.17. The second kappa shape index (κ2) is 5.38. The summed E-state index contributed by atoms with van der Waals surface area (Å²) in [7, 11) is 0. The van der Waals surface area contributed by atoms with E-state index in [1.807, 2.05) is 24.3 Å². The molecule has 1 amide bonds. The van der Waals surface area contributed by atoms with E-state index in [0.29, 0.717) is 6.42 Å². The zero-order valence-electron chi connectivity index (χ0n) is 10.7. The van der Waals surface area contributed by atoms with Crippen LogP contribution in [0.5, 0.6) is 0 Å². The number of nitrogens with zero attached hydrogens (tertiary/aromatic N) is 2. The van der Waals surface area contributed by atoms with Crippen LogP contribution < -0.4 is 5.32 Å². The Balaban J connectivity index is 1.63. The number of carbonyl (C=O) groups excluding carboxylic acids is 1. The lowest BCUT2D eigenvalue weighted by molar-refractivity contribution is -0.123. The second-order valence-electron chi connectivity index (χ2n) is 4.88. The number of rotatable bonds is 3. The van der Waals surface area contributed by atoms with Crippen LogP contribution in [-0.2, 0) is 17.8 Å². The number of benzene rings is 1. The van der Waals surface area contributed by atoms with Gasteiger partial charge in [-0.25, -0.2) is 0 Å². The van der Waals surface area contributed by atoms with Crippen molar-refractivity contribution < 1.29 is 9.90 Å². The van der Waals surface area contributed by atoms with E-state index in [-0.39, 0.29) is 18.5 Å². The quantitative estimate of drug-likeness (QED) is 0.891. The Kier molecular flexibility index (Phi) is 3.58. The van der Waals surface area contributed by atoms with Gasteiger partial charge in [-0.2, -0.15) is 5.10 Å². The van der Waals surface area contributed by atoms with Crippen LogP contribution in [0.3, 0.4) is 0 Å². The van der Waals surface area contributed by atoms with Crippen molar-refractivity contribution in [2.24, 2.45) is 0 Å². The maximum Gasteiger partial charge on any atom is 0.242 e. The van der Waals surface area contributed by atoms with Crippen LogP contribution in [0.15, 0.2) is 41.1 Å². The lowest BCUT2D eigenvalue weighted by Crippen LogP contribution is -2.39. The third-order valence-corrected chi connectivity index (χ3v) is 3.86. The number of hydrogen-bond acceptors (Lipinski definition) is 3. The zero-order valence-corrected chi connectivity index (χ0v) is 12.2. The first-order chi connectivity index (χ1) is 9.63. The summed E-state index contributed by atoms with van der Waals surface area (Å²) < 4.78 is 2.38. The van der Waals surface area contributed by atoms with Gasteiger partial charge in [0.05, 0.1) is 22.8 Å². The van der Waals surface area contributed by atoms with E-state index in [0.717, 1.165) is 15.6 Å². The van der Waals surface area contributed by atoms with Crippen LogP contribution in [0.1, 0.15) is 17.2 Å². The monoisotopic (exact) mass is 335 g/mol. The van der Waals surface area contributed by atoms with Crippen LogP contribution >= 0.6 is 15.9 Å². The fourth-order valence-electron chi connectivity index (χ4n) is 2.53. The van der Waals surface area contributed by atoms with E-state index < -0.39 is 6.10 Å². The molecule has 20 heavy (non-hydrogen) atoms. The molecule has 0 fully saturated rings. The third-order valence-electron chi connectivity index (χ3n) is 3.45. The van der Waals surface area contributed by atoms with Gasteiger partial charge in [0.2, 0.25) is 5.91 Å². The molecule has 1 heterocycles. The predicted octanol–water partition coefficient (Wildman–Crippen LogP) is 1.42. The molecule has 0 saturated heterocycles. The van der Waals surface area contributed by atoms with E-state index >= 15 is 0 Å². The number of aliphatic hydroxyl groups is 1. The number of halogens is 1. The highest BCUT2D eigenvalue weighted by molar-refractivity contribution is 9.10.